The molecule has 3 amide bonds. The predicted molar refractivity (Wildman–Crippen MR) is 159 cm³/mol. The SMILES string of the molecule is CCCCCCCCN(C(=O)C(CS)NC(=O)OC(C)(C)C)C(C(=O)NCCCC)c1c(C)cccc1C. The fourth-order valence-corrected chi connectivity index (χ4v) is 4.68. The molecule has 38 heavy (non-hydrogen) atoms. The van der Waals surface area contributed by atoms with E-state index < -0.39 is 23.8 Å². The lowest BCUT2D eigenvalue weighted by Gasteiger charge is -2.35. The molecule has 0 aliphatic rings. The largest absolute Gasteiger partial charge is 0.444 e. The number of carbonyl (C=O) groups excluding carboxylic acids is 3. The molecule has 2 atom stereocenters. The zero-order valence-electron chi connectivity index (χ0n) is 24.7. The van der Waals surface area contributed by atoms with Crippen LogP contribution in [0.3, 0.4) is 0 Å². The van der Waals surface area contributed by atoms with E-state index in [4.69, 9.17) is 4.74 Å². The van der Waals surface area contributed by atoms with Gasteiger partial charge in [-0.1, -0.05) is 70.6 Å². The van der Waals surface area contributed by atoms with Crippen LogP contribution in [0.4, 0.5) is 4.79 Å². The molecule has 0 saturated heterocycles. The van der Waals surface area contributed by atoms with Gasteiger partial charge in [-0.15, -0.1) is 0 Å². The zero-order chi connectivity index (χ0) is 28.7. The van der Waals surface area contributed by atoms with Crippen LogP contribution in [0.2, 0.25) is 0 Å². The Labute approximate surface area is 236 Å². The number of thiol groups is 1. The molecule has 8 heteroatoms. The number of nitrogens with one attached hydrogen (secondary N) is 2. The molecule has 0 bridgehead atoms. The molecule has 2 unspecified atom stereocenters. The Balaban J connectivity index is 3.39. The number of ether oxygens (including phenoxy) is 1. The van der Waals surface area contributed by atoms with Gasteiger partial charge < -0.3 is 20.3 Å². The maximum Gasteiger partial charge on any atom is 0.408 e. The molecule has 0 heterocycles. The fourth-order valence-electron chi connectivity index (χ4n) is 4.44. The minimum atomic E-state index is -0.927. The van der Waals surface area contributed by atoms with E-state index in [-0.39, 0.29) is 17.6 Å². The molecular weight excluding hydrogens is 498 g/mol. The number of alkyl carbamates (subject to hydrolysis) is 1. The van der Waals surface area contributed by atoms with Gasteiger partial charge >= 0.3 is 6.09 Å². The highest BCUT2D eigenvalue weighted by Crippen LogP contribution is 2.29. The lowest BCUT2D eigenvalue weighted by molar-refractivity contribution is -0.142. The average molecular weight is 550 g/mol. The van der Waals surface area contributed by atoms with E-state index in [0.717, 1.165) is 61.6 Å². The Morgan fingerprint density at radius 1 is 0.947 bits per heavy atom. The molecule has 0 aliphatic heterocycles. The zero-order valence-corrected chi connectivity index (χ0v) is 25.6. The van der Waals surface area contributed by atoms with Crippen LogP contribution >= 0.6 is 12.6 Å². The molecule has 2 N–H and O–H groups in total. The van der Waals surface area contributed by atoms with Crippen LogP contribution in [0.5, 0.6) is 0 Å². The topological polar surface area (TPSA) is 87.7 Å². The van der Waals surface area contributed by atoms with Crippen molar-refractivity contribution in [1.82, 2.24) is 15.5 Å². The monoisotopic (exact) mass is 549 g/mol. The van der Waals surface area contributed by atoms with Gasteiger partial charge in [0.25, 0.3) is 0 Å². The van der Waals surface area contributed by atoms with Gasteiger partial charge in [0.15, 0.2) is 0 Å². The molecule has 0 saturated carbocycles. The summed E-state index contributed by atoms with van der Waals surface area (Å²) in [6.07, 6.45) is 7.45. The highest BCUT2D eigenvalue weighted by Gasteiger charge is 2.36. The maximum absolute atomic E-state index is 14.0. The van der Waals surface area contributed by atoms with Crippen LogP contribution in [0.25, 0.3) is 0 Å². The summed E-state index contributed by atoms with van der Waals surface area (Å²) in [6, 6.07) is 4.16. The van der Waals surface area contributed by atoms with Crippen molar-refractivity contribution in [2.24, 2.45) is 0 Å². The Morgan fingerprint density at radius 3 is 2.08 bits per heavy atom. The molecule has 0 aliphatic carbocycles. The smallest absolute Gasteiger partial charge is 0.408 e. The van der Waals surface area contributed by atoms with Crippen LogP contribution in [-0.4, -0.2) is 53.3 Å². The van der Waals surface area contributed by atoms with Crippen molar-refractivity contribution in [2.75, 3.05) is 18.8 Å². The lowest BCUT2D eigenvalue weighted by atomic mass is 9.93. The number of rotatable bonds is 16. The summed E-state index contributed by atoms with van der Waals surface area (Å²) in [5.74, 6) is -0.453. The van der Waals surface area contributed by atoms with E-state index in [1.54, 1.807) is 25.7 Å². The third-order valence-electron chi connectivity index (χ3n) is 6.41. The average Bonchev–Trinajstić information content (AvgIpc) is 2.83. The van der Waals surface area contributed by atoms with Gasteiger partial charge in [0.2, 0.25) is 11.8 Å². The second kappa shape index (κ2) is 17.4. The Bertz CT molecular complexity index is 864. The first-order chi connectivity index (χ1) is 18.0. The van der Waals surface area contributed by atoms with E-state index in [9.17, 15) is 14.4 Å². The molecule has 0 fully saturated rings. The van der Waals surface area contributed by atoms with Crippen molar-refractivity contribution < 1.29 is 19.1 Å². The summed E-state index contributed by atoms with van der Waals surface area (Å²) in [5.41, 5.74) is 2.02. The highest BCUT2D eigenvalue weighted by atomic mass is 32.1. The van der Waals surface area contributed by atoms with Gasteiger partial charge in [-0.05, 0) is 64.2 Å². The van der Waals surface area contributed by atoms with Crippen molar-refractivity contribution in [3.63, 3.8) is 0 Å². The summed E-state index contributed by atoms with van der Waals surface area (Å²) in [6.45, 7) is 14.5. The Hall–Kier alpha value is -2.22. The molecule has 1 aromatic carbocycles. The molecular formula is C30H51N3O4S. The van der Waals surface area contributed by atoms with Crippen molar-refractivity contribution in [3.8, 4) is 0 Å². The molecule has 0 spiro atoms. The van der Waals surface area contributed by atoms with Gasteiger partial charge in [0.05, 0.1) is 0 Å². The van der Waals surface area contributed by atoms with Crippen molar-refractivity contribution in [2.45, 2.75) is 118 Å². The number of nitrogens with zero attached hydrogens (tertiary/aromatic N) is 1. The third-order valence-corrected chi connectivity index (χ3v) is 6.78. The number of amides is 3. The number of hydrogen-bond donors (Lipinski definition) is 3. The summed E-state index contributed by atoms with van der Waals surface area (Å²) >= 11 is 4.38. The van der Waals surface area contributed by atoms with E-state index >= 15 is 0 Å². The Kier molecular flexibility index (Phi) is 15.5. The van der Waals surface area contributed by atoms with Crippen molar-refractivity contribution in [3.05, 3.63) is 34.9 Å². The second-order valence-corrected chi connectivity index (χ2v) is 11.4. The molecule has 1 aromatic rings. The standard InChI is InChI=1S/C30H51N3O4S/c1-8-10-12-13-14-15-20-33(28(35)24(21-38)32-29(36)37-30(5,6)7)26(27(34)31-19-11-9-2)25-22(3)17-16-18-23(25)4/h16-18,24,26,38H,8-15,19-21H2,1-7H3,(H,31,34)(H,32,36). The quantitative estimate of drug-likeness (QED) is 0.167. The second-order valence-electron chi connectivity index (χ2n) is 11.0. The fraction of sp³-hybridized carbons (Fsp3) is 0.700. The number of aryl methyl sites for hydroxylation is 2. The number of hydrogen-bond acceptors (Lipinski definition) is 5. The van der Waals surface area contributed by atoms with E-state index in [0.29, 0.717) is 13.1 Å². The van der Waals surface area contributed by atoms with Crippen LogP contribution < -0.4 is 10.6 Å². The van der Waals surface area contributed by atoms with Crippen molar-refractivity contribution in [1.29, 1.82) is 0 Å². The predicted octanol–water partition coefficient (Wildman–Crippen LogP) is 6.27. The first-order valence-corrected chi connectivity index (χ1v) is 14.8. The van der Waals surface area contributed by atoms with Crippen LogP contribution in [0.1, 0.15) is 109 Å². The van der Waals surface area contributed by atoms with Crippen molar-refractivity contribution >= 4 is 30.5 Å². The van der Waals surface area contributed by atoms with Crippen LogP contribution in [0, 0.1) is 13.8 Å². The van der Waals surface area contributed by atoms with Gasteiger partial charge in [-0.3, -0.25) is 9.59 Å². The molecule has 0 aromatic heterocycles. The minimum absolute atomic E-state index is 0.0853. The van der Waals surface area contributed by atoms with E-state index in [1.165, 1.54) is 6.42 Å². The molecule has 1 rings (SSSR count). The van der Waals surface area contributed by atoms with Gasteiger partial charge in [0.1, 0.15) is 17.7 Å². The molecule has 216 valence electrons. The number of carbonyl (C=O) groups is 3. The maximum atomic E-state index is 14.0. The first kappa shape index (κ1) is 33.8. The summed E-state index contributed by atoms with van der Waals surface area (Å²) in [5, 5.41) is 5.74. The van der Waals surface area contributed by atoms with E-state index in [2.05, 4.69) is 37.1 Å². The van der Waals surface area contributed by atoms with Crippen LogP contribution in [-0.2, 0) is 14.3 Å². The minimum Gasteiger partial charge on any atom is -0.444 e. The normalized spacial score (nSPS) is 12.9. The summed E-state index contributed by atoms with van der Waals surface area (Å²) < 4.78 is 5.40. The number of benzene rings is 1. The Morgan fingerprint density at radius 2 is 1.53 bits per heavy atom. The summed E-state index contributed by atoms with van der Waals surface area (Å²) in [7, 11) is 0. The molecule has 7 nitrogen and oxygen atoms in total. The lowest BCUT2D eigenvalue weighted by Crippen LogP contribution is -2.54. The highest BCUT2D eigenvalue weighted by molar-refractivity contribution is 7.80. The van der Waals surface area contributed by atoms with Gasteiger partial charge in [-0.2, -0.15) is 12.6 Å². The van der Waals surface area contributed by atoms with E-state index in [1.807, 2.05) is 32.0 Å². The first-order valence-electron chi connectivity index (χ1n) is 14.2. The number of unbranched alkanes of at least 4 members (excludes halogenated alkanes) is 6. The molecule has 0 radical (unpaired) electrons. The summed E-state index contributed by atoms with van der Waals surface area (Å²) in [4.78, 5) is 42.0. The third kappa shape index (κ3) is 11.7. The van der Waals surface area contributed by atoms with Crippen LogP contribution in [0.15, 0.2) is 18.2 Å². The van der Waals surface area contributed by atoms with Gasteiger partial charge in [0, 0.05) is 18.8 Å². The van der Waals surface area contributed by atoms with Gasteiger partial charge in [-0.25, -0.2) is 4.79 Å².